The van der Waals surface area contributed by atoms with Crippen LogP contribution in [0, 0.1) is 18.3 Å². The van der Waals surface area contributed by atoms with Crippen molar-refractivity contribution < 1.29 is 0 Å². The first-order chi connectivity index (χ1) is 14.7. The second-order valence-corrected chi connectivity index (χ2v) is 9.38. The van der Waals surface area contributed by atoms with Gasteiger partial charge in [-0.1, -0.05) is 17.4 Å². The molecule has 30 heavy (non-hydrogen) atoms. The number of hydrogen-bond acceptors (Lipinski definition) is 8. The molecule has 1 aliphatic carbocycles. The minimum absolute atomic E-state index is 0.377. The van der Waals surface area contributed by atoms with Crippen LogP contribution in [0.5, 0.6) is 0 Å². The molecule has 4 aromatic rings. The Morgan fingerprint density at radius 2 is 2.13 bits per heavy atom. The zero-order valence-electron chi connectivity index (χ0n) is 16.2. The minimum atomic E-state index is 0.377. The van der Waals surface area contributed by atoms with Gasteiger partial charge in [0.2, 0.25) is 0 Å². The van der Waals surface area contributed by atoms with Gasteiger partial charge in [0.15, 0.2) is 5.01 Å². The lowest BCUT2D eigenvalue weighted by atomic mass is 9.87. The maximum absolute atomic E-state index is 9.04. The number of aromatic amines is 1. The van der Waals surface area contributed by atoms with Crippen molar-refractivity contribution in [1.82, 2.24) is 24.9 Å². The smallest absolute Gasteiger partial charge is 0.151 e. The van der Waals surface area contributed by atoms with Crippen LogP contribution in [0.4, 0.5) is 5.69 Å². The molecule has 7 nitrogen and oxygen atoms in total. The number of benzene rings is 1. The molecule has 5 rings (SSSR count). The molecule has 9 heteroatoms. The Hall–Kier alpha value is -2.93. The fourth-order valence-electron chi connectivity index (χ4n) is 3.55. The van der Waals surface area contributed by atoms with Crippen LogP contribution >= 0.6 is 23.3 Å². The molecule has 3 heterocycles. The Kier molecular flexibility index (Phi) is 5.12. The summed E-state index contributed by atoms with van der Waals surface area (Å²) in [7, 11) is 0. The standard InChI is InChI=1S/C21H19N7S2/c1-12-26-27-21(29-12)18-11-24-20-17(5-6-23-20)19(18)25-14-8-15(9-14)28-30-16-4-2-3-13(7-16)10-22/h2-7,11,14-15,28H,8-9H2,1H3,(H2,23,24,25). The molecule has 0 bridgehead atoms. The van der Waals surface area contributed by atoms with Crippen LogP contribution in [0.15, 0.2) is 47.6 Å². The first kappa shape index (κ1) is 19.1. The van der Waals surface area contributed by atoms with Crippen molar-refractivity contribution in [3.05, 3.63) is 53.3 Å². The second-order valence-electron chi connectivity index (χ2n) is 7.28. The second kappa shape index (κ2) is 8.07. The SMILES string of the molecule is Cc1nnc(-c2cnc3[nH]ccc3c2NC2CC(NSc3cccc(C#N)c3)C2)s1. The van der Waals surface area contributed by atoms with E-state index in [4.69, 9.17) is 5.26 Å². The van der Waals surface area contributed by atoms with E-state index in [-0.39, 0.29) is 0 Å². The molecule has 0 amide bonds. The van der Waals surface area contributed by atoms with E-state index < -0.39 is 0 Å². The zero-order valence-corrected chi connectivity index (χ0v) is 17.8. The van der Waals surface area contributed by atoms with Crippen LogP contribution in [-0.2, 0) is 0 Å². The lowest BCUT2D eigenvalue weighted by molar-refractivity contribution is 0.355. The van der Waals surface area contributed by atoms with Crippen LogP contribution in [0.25, 0.3) is 21.6 Å². The molecule has 1 saturated carbocycles. The third kappa shape index (κ3) is 3.77. The van der Waals surface area contributed by atoms with Gasteiger partial charge in [0.05, 0.1) is 22.9 Å². The number of nitrogens with one attached hydrogen (secondary N) is 3. The summed E-state index contributed by atoms with van der Waals surface area (Å²) in [5, 5.41) is 24.1. The molecule has 3 aromatic heterocycles. The van der Waals surface area contributed by atoms with E-state index in [1.165, 1.54) is 0 Å². The molecule has 0 aliphatic heterocycles. The first-order valence-electron chi connectivity index (χ1n) is 9.65. The molecule has 0 unspecified atom stereocenters. The number of rotatable bonds is 6. The van der Waals surface area contributed by atoms with Gasteiger partial charge in [0, 0.05) is 34.8 Å². The summed E-state index contributed by atoms with van der Waals surface area (Å²) in [4.78, 5) is 8.78. The van der Waals surface area contributed by atoms with E-state index in [0.29, 0.717) is 17.6 Å². The topological polar surface area (TPSA) is 102 Å². The number of nitriles is 1. The van der Waals surface area contributed by atoms with E-state index in [9.17, 15) is 0 Å². The number of aryl methyl sites for hydroxylation is 1. The highest BCUT2D eigenvalue weighted by molar-refractivity contribution is 7.97. The van der Waals surface area contributed by atoms with E-state index in [0.717, 1.165) is 50.0 Å². The maximum Gasteiger partial charge on any atom is 0.151 e. The van der Waals surface area contributed by atoms with Gasteiger partial charge in [-0.2, -0.15) is 5.26 Å². The van der Waals surface area contributed by atoms with E-state index in [2.05, 4.69) is 42.3 Å². The van der Waals surface area contributed by atoms with Crippen molar-refractivity contribution >= 4 is 40.0 Å². The molecule has 0 saturated heterocycles. The third-order valence-electron chi connectivity index (χ3n) is 5.14. The maximum atomic E-state index is 9.04. The van der Waals surface area contributed by atoms with Crippen LogP contribution in [-0.4, -0.2) is 32.2 Å². The molecule has 1 aliphatic rings. The van der Waals surface area contributed by atoms with Gasteiger partial charge in [-0.3, -0.25) is 4.72 Å². The summed E-state index contributed by atoms with van der Waals surface area (Å²) >= 11 is 3.17. The van der Waals surface area contributed by atoms with Crippen LogP contribution in [0.3, 0.4) is 0 Å². The minimum Gasteiger partial charge on any atom is -0.381 e. The quantitative estimate of drug-likeness (QED) is 0.385. The highest BCUT2D eigenvalue weighted by Gasteiger charge is 2.30. The van der Waals surface area contributed by atoms with Crippen molar-refractivity contribution in [1.29, 1.82) is 5.26 Å². The van der Waals surface area contributed by atoms with Crippen molar-refractivity contribution in [2.45, 2.75) is 36.7 Å². The number of fused-ring (bicyclic) bond motifs is 1. The Labute approximate surface area is 182 Å². The summed E-state index contributed by atoms with van der Waals surface area (Å²) in [6, 6.07) is 12.7. The number of anilines is 1. The number of pyridine rings is 1. The highest BCUT2D eigenvalue weighted by atomic mass is 32.2. The number of H-pyrrole nitrogens is 1. The monoisotopic (exact) mass is 433 g/mol. The van der Waals surface area contributed by atoms with Crippen LogP contribution in [0.2, 0.25) is 0 Å². The van der Waals surface area contributed by atoms with Crippen molar-refractivity contribution in [3.8, 4) is 16.6 Å². The lowest BCUT2D eigenvalue weighted by Crippen LogP contribution is -2.45. The normalized spacial score (nSPS) is 18.1. The molecular weight excluding hydrogens is 414 g/mol. The number of aromatic nitrogens is 4. The Balaban J connectivity index is 1.27. The zero-order chi connectivity index (χ0) is 20.5. The van der Waals surface area contributed by atoms with E-state index >= 15 is 0 Å². The summed E-state index contributed by atoms with van der Waals surface area (Å²) in [5.74, 6) is 0. The molecule has 150 valence electrons. The molecule has 1 fully saturated rings. The Morgan fingerprint density at radius 3 is 2.93 bits per heavy atom. The Morgan fingerprint density at radius 1 is 1.23 bits per heavy atom. The molecule has 0 spiro atoms. The van der Waals surface area contributed by atoms with Gasteiger partial charge in [-0.05, 0) is 56.0 Å². The fraction of sp³-hybridized carbons (Fsp3) is 0.238. The van der Waals surface area contributed by atoms with Gasteiger partial charge >= 0.3 is 0 Å². The van der Waals surface area contributed by atoms with Gasteiger partial charge in [0.25, 0.3) is 0 Å². The molecule has 3 N–H and O–H groups in total. The first-order valence-corrected chi connectivity index (χ1v) is 11.3. The van der Waals surface area contributed by atoms with E-state index in [1.54, 1.807) is 23.3 Å². The summed E-state index contributed by atoms with van der Waals surface area (Å²) in [6.45, 7) is 1.96. The molecule has 1 aromatic carbocycles. The molecule has 0 atom stereocenters. The highest BCUT2D eigenvalue weighted by Crippen LogP contribution is 2.37. The fourth-order valence-corrected chi connectivity index (χ4v) is 5.08. The average molecular weight is 434 g/mol. The van der Waals surface area contributed by atoms with Crippen LogP contribution < -0.4 is 10.0 Å². The van der Waals surface area contributed by atoms with Gasteiger partial charge in [-0.15, -0.1) is 10.2 Å². The van der Waals surface area contributed by atoms with Crippen LogP contribution in [0.1, 0.15) is 23.4 Å². The summed E-state index contributed by atoms with van der Waals surface area (Å²) in [6.07, 6.45) is 5.82. The lowest BCUT2D eigenvalue weighted by Gasteiger charge is -2.37. The number of nitrogens with zero attached hydrogens (tertiary/aromatic N) is 4. The average Bonchev–Trinajstić information content (AvgIpc) is 3.38. The van der Waals surface area contributed by atoms with Gasteiger partial charge in [0.1, 0.15) is 10.7 Å². The van der Waals surface area contributed by atoms with Crippen molar-refractivity contribution in [2.75, 3.05) is 5.32 Å². The predicted molar refractivity (Wildman–Crippen MR) is 120 cm³/mol. The van der Waals surface area contributed by atoms with E-state index in [1.807, 2.05) is 43.6 Å². The summed E-state index contributed by atoms with van der Waals surface area (Å²) in [5.41, 5.74) is 3.61. The largest absolute Gasteiger partial charge is 0.381 e. The molecule has 0 radical (unpaired) electrons. The van der Waals surface area contributed by atoms with Crippen molar-refractivity contribution in [2.24, 2.45) is 0 Å². The molecular formula is C21H19N7S2. The summed E-state index contributed by atoms with van der Waals surface area (Å²) < 4.78 is 3.51. The van der Waals surface area contributed by atoms with Gasteiger partial charge < -0.3 is 10.3 Å². The van der Waals surface area contributed by atoms with Gasteiger partial charge in [-0.25, -0.2) is 4.98 Å². The Bertz CT molecular complexity index is 1230. The number of hydrogen-bond donors (Lipinski definition) is 3. The predicted octanol–water partition coefficient (Wildman–Crippen LogP) is 4.50. The third-order valence-corrected chi connectivity index (χ3v) is 6.95. The van der Waals surface area contributed by atoms with Crippen molar-refractivity contribution in [3.63, 3.8) is 0 Å².